The van der Waals surface area contributed by atoms with Gasteiger partial charge in [-0.25, -0.2) is 47.5 Å². The molecule has 0 spiro atoms. The fourth-order valence-electron chi connectivity index (χ4n) is 10.3. The number of carbonyl (C=O) groups excluding carboxylic acids is 4. The maximum Gasteiger partial charge on any atom is 0.338 e. The lowest BCUT2D eigenvalue weighted by atomic mass is 9.95. The van der Waals surface area contributed by atoms with Crippen molar-refractivity contribution in [1.82, 2.24) is 45.1 Å². The van der Waals surface area contributed by atoms with Gasteiger partial charge < -0.3 is 66.8 Å². The molecule has 2 aromatic carbocycles. The number of hydrogen-bond acceptors (Lipinski definition) is 19. The molecule has 0 saturated carbocycles. The van der Waals surface area contributed by atoms with Crippen molar-refractivity contribution in [2.45, 2.75) is 57.3 Å². The molecular weight excluding hydrogens is 1270 g/mol. The lowest BCUT2D eigenvalue weighted by molar-refractivity contribution is -0.143. The number of urea groups is 2. The van der Waals surface area contributed by atoms with E-state index in [-0.39, 0.29) is 73.1 Å². The summed E-state index contributed by atoms with van der Waals surface area (Å²) in [5.41, 5.74) is 2.36. The van der Waals surface area contributed by atoms with Gasteiger partial charge >= 0.3 is 35.9 Å². The first-order valence-electron chi connectivity index (χ1n) is 27.2. The summed E-state index contributed by atoms with van der Waals surface area (Å²) in [5, 5.41) is 28.6. The Kier molecular flexibility index (Phi) is 24.7. The summed E-state index contributed by atoms with van der Waals surface area (Å²) in [6.45, 7) is 8.21. The molecule has 30 heteroatoms. The number of rotatable bonds is 21. The lowest BCUT2D eigenvalue weighted by Crippen LogP contribution is -2.53. The molecule has 86 heavy (non-hydrogen) atoms. The molecule has 4 N–H and O–H groups in total. The van der Waals surface area contributed by atoms with Gasteiger partial charge in [-0.15, -0.1) is 22.7 Å². The number of carbonyl (C=O) groups is 6. The lowest BCUT2D eigenvalue weighted by Gasteiger charge is -2.38. The first-order valence-corrected chi connectivity index (χ1v) is 30.8. The third-order valence-electron chi connectivity index (χ3n) is 14.1. The van der Waals surface area contributed by atoms with E-state index in [2.05, 4.69) is 46.4 Å². The molecule has 23 nitrogen and oxygen atoms in total. The van der Waals surface area contributed by atoms with Crippen LogP contribution in [-0.4, -0.2) is 208 Å². The fourth-order valence-corrected chi connectivity index (χ4v) is 12.4. The van der Waals surface area contributed by atoms with E-state index in [4.69, 9.17) is 57.4 Å². The van der Waals surface area contributed by atoms with Crippen LogP contribution in [0.1, 0.15) is 66.3 Å². The van der Waals surface area contributed by atoms with E-state index in [9.17, 15) is 37.5 Å². The van der Waals surface area contributed by atoms with E-state index in [0.717, 1.165) is 25.9 Å². The second-order valence-electron chi connectivity index (χ2n) is 19.6. The number of carboxylic acids is 2. The standard InChI is InChI=1S/C27H30ClFN6O6S.C17H14BrClFN3O2S.C11H18N2O4.CH3/c1-2-41-26(38)21-19(14-33-7-8-35-16(12-33)13-34(27(35)39)9-10-40-15-20(36)37)31-24(25-30-6-11-42-25)32-23(21)17-4-3-5-18(29)22(17)28;1-2-25-17(24)12-11(8-18)22-15(16-21-6-7-26-16)23-14(12)9-4-3-5-10(20)13(9)19;14-10(15)8-17-6-5-12-7-9-3-1-2-4-13(9)11(12)16;/h3-6,11,16,23H,2,7-10,12-15H2,1H3,(H,31,32)(H,36,37);3-7,14H,2,8H2,1H3,(H,22,23);9H,1-8H2,(H,14,15);1H3/q;;;-1/t16?,23-;14-;;/m00../s1. The SMILES string of the molecule is CCOC(=O)C1=C(CBr)NC(c2nccs2)=N[C@H]1c1cccc(F)c1Cl.CCOC(=O)C1=C(CN2CCN3C(=O)N(CCOCC(=O)O)CC3C2)NC(c2nccs2)=N[C@H]1c1cccc(F)c1Cl.O=C(O)COCCN1CC2CCCCN2C1=O.[CH3-]. The van der Waals surface area contributed by atoms with Crippen LogP contribution in [0, 0.1) is 19.1 Å². The maximum atomic E-state index is 14.6. The van der Waals surface area contributed by atoms with Crippen LogP contribution in [0.2, 0.25) is 10.0 Å². The number of esters is 2. The van der Waals surface area contributed by atoms with Crippen molar-refractivity contribution in [1.29, 1.82) is 0 Å². The van der Waals surface area contributed by atoms with Gasteiger partial charge in [0.2, 0.25) is 0 Å². The number of amides is 4. The minimum absolute atomic E-state index is 0. The minimum atomic E-state index is -1.06. The third kappa shape index (κ3) is 16.5. The second kappa shape index (κ2) is 31.8. The van der Waals surface area contributed by atoms with Crippen LogP contribution < -0.4 is 10.6 Å². The van der Waals surface area contributed by atoms with E-state index >= 15 is 0 Å². The van der Waals surface area contributed by atoms with Crippen LogP contribution in [0.15, 0.2) is 92.1 Å². The van der Waals surface area contributed by atoms with Crippen LogP contribution >= 0.6 is 61.8 Å². The zero-order valence-corrected chi connectivity index (χ0v) is 52.0. The van der Waals surface area contributed by atoms with Crippen molar-refractivity contribution in [2.24, 2.45) is 9.98 Å². The summed E-state index contributed by atoms with van der Waals surface area (Å²) >= 11 is 18.7. The normalized spacial score (nSPS) is 20.0. The van der Waals surface area contributed by atoms with Gasteiger partial charge in [-0.05, 0) is 45.2 Å². The Balaban J connectivity index is 0.000000204. The predicted molar refractivity (Wildman–Crippen MR) is 322 cm³/mol. The van der Waals surface area contributed by atoms with E-state index in [0.29, 0.717) is 108 Å². The number of halogens is 5. The Hall–Kier alpha value is -6.66. The Morgan fingerprint density at radius 2 is 1.19 bits per heavy atom. The van der Waals surface area contributed by atoms with Crippen molar-refractivity contribution in [2.75, 3.05) is 104 Å². The van der Waals surface area contributed by atoms with Crippen LogP contribution in [0.25, 0.3) is 0 Å². The number of fused-ring (bicyclic) bond motifs is 2. The molecule has 6 aliphatic heterocycles. The summed E-state index contributed by atoms with van der Waals surface area (Å²) in [7, 11) is 0. The Morgan fingerprint density at radius 3 is 1.65 bits per heavy atom. The second-order valence-corrected chi connectivity index (χ2v) is 22.7. The number of piperazine rings is 1. The quantitative estimate of drug-likeness (QED) is 0.0273. The maximum absolute atomic E-state index is 14.6. The summed E-state index contributed by atoms with van der Waals surface area (Å²) in [6.07, 6.45) is 6.67. The number of ether oxygens (including phenoxy) is 4. The van der Waals surface area contributed by atoms with Crippen molar-refractivity contribution in [3.8, 4) is 0 Å². The number of allylic oxidation sites excluding steroid dienone is 1. The van der Waals surface area contributed by atoms with Gasteiger partial charge in [0.25, 0.3) is 0 Å². The number of alkyl halides is 1. The molecule has 0 radical (unpaired) electrons. The summed E-state index contributed by atoms with van der Waals surface area (Å²) < 4.78 is 49.2. The molecule has 4 amide bonds. The molecule has 464 valence electrons. The molecule has 8 heterocycles. The molecular formula is C56H65BrCl2F2N11O12S2-. The zero-order valence-electron chi connectivity index (χ0n) is 47.2. The first-order chi connectivity index (χ1) is 41.0. The van der Waals surface area contributed by atoms with Gasteiger partial charge in [0.15, 0.2) is 21.7 Å². The zero-order chi connectivity index (χ0) is 60.7. The van der Waals surface area contributed by atoms with Gasteiger partial charge in [-0.2, -0.15) is 0 Å². The van der Waals surface area contributed by atoms with Gasteiger partial charge in [0.05, 0.1) is 59.7 Å². The van der Waals surface area contributed by atoms with Crippen molar-refractivity contribution in [3.63, 3.8) is 0 Å². The smallest absolute Gasteiger partial charge is 0.338 e. The minimum Gasteiger partial charge on any atom is -0.480 e. The average Bonchev–Trinajstić information content (AvgIpc) is 2.03. The predicted octanol–water partition coefficient (Wildman–Crippen LogP) is 7.43. The van der Waals surface area contributed by atoms with E-state index in [1.807, 2.05) is 15.7 Å². The van der Waals surface area contributed by atoms with Crippen LogP contribution in [0.4, 0.5) is 18.4 Å². The number of aliphatic carboxylic acids is 2. The molecule has 2 aromatic heterocycles. The highest BCUT2D eigenvalue weighted by Gasteiger charge is 2.43. The molecule has 6 aliphatic rings. The number of carboxylic acid groups (broad SMARTS) is 2. The highest BCUT2D eigenvalue weighted by molar-refractivity contribution is 9.09. The first kappa shape index (κ1) is 66.9. The Bertz CT molecular complexity index is 3200. The summed E-state index contributed by atoms with van der Waals surface area (Å²) in [6, 6.07) is 7.35. The van der Waals surface area contributed by atoms with Crippen LogP contribution in [0.5, 0.6) is 0 Å². The number of nitrogens with one attached hydrogen (secondary N) is 2. The third-order valence-corrected chi connectivity index (χ3v) is 17.0. The average molecular weight is 1340 g/mol. The van der Waals surface area contributed by atoms with Gasteiger partial charge in [-0.1, -0.05) is 63.4 Å². The highest BCUT2D eigenvalue weighted by atomic mass is 79.9. The number of hydrogen-bond donors (Lipinski definition) is 4. The molecule has 0 aliphatic carbocycles. The van der Waals surface area contributed by atoms with Crippen LogP contribution in [-0.2, 0) is 38.1 Å². The van der Waals surface area contributed by atoms with Crippen LogP contribution in [0.3, 0.4) is 0 Å². The molecule has 4 saturated heterocycles. The summed E-state index contributed by atoms with van der Waals surface area (Å²) in [5.74, 6) is -3.42. The molecule has 10 rings (SSSR count). The van der Waals surface area contributed by atoms with Gasteiger partial charge in [0, 0.05) is 110 Å². The molecule has 0 bridgehead atoms. The number of benzene rings is 2. The Labute approximate surface area is 521 Å². The van der Waals surface area contributed by atoms with E-state index in [1.54, 1.807) is 53.1 Å². The number of aliphatic imine (C=N–C) groups is 2. The molecule has 4 fully saturated rings. The van der Waals surface area contributed by atoms with E-state index in [1.165, 1.54) is 53.4 Å². The van der Waals surface area contributed by atoms with Gasteiger partial charge in [-0.3, -0.25) is 14.9 Å². The number of amidine groups is 2. The van der Waals surface area contributed by atoms with E-state index < -0.39 is 54.2 Å². The fraction of sp³-hybridized carbons (Fsp3) is 0.446. The van der Waals surface area contributed by atoms with Gasteiger partial charge in [0.1, 0.15) is 36.9 Å². The van der Waals surface area contributed by atoms with Crippen molar-refractivity contribution >= 4 is 109 Å². The number of piperidine rings is 1. The largest absolute Gasteiger partial charge is 0.480 e. The molecule has 4 aromatic rings. The summed E-state index contributed by atoms with van der Waals surface area (Å²) in [4.78, 5) is 99.1. The topological polar surface area (TPSA) is 271 Å². The number of nitrogens with zero attached hydrogens (tertiary/aromatic N) is 9. The highest BCUT2D eigenvalue weighted by Crippen LogP contribution is 2.40. The number of thiazole rings is 2. The Morgan fingerprint density at radius 1 is 0.698 bits per heavy atom. The molecule has 2 unspecified atom stereocenters. The van der Waals surface area contributed by atoms with Crippen molar-refractivity contribution in [3.05, 3.63) is 132 Å². The van der Waals surface area contributed by atoms with Crippen molar-refractivity contribution < 1.29 is 66.7 Å². The molecule has 4 atom stereocenters. The number of aromatic nitrogens is 2. The monoisotopic (exact) mass is 1330 g/mol.